The quantitative estimate of drug-likeness (QED) is 0.576. The van der Waals surface area contributed by atoms with Gasteiger partial charge in [-0.1, -0.05) is 17.7 Å². The minimum atomic E-state index is -4.77. The highest BCUT2D eigenvalue weighted by molar-refractivity contribution is 7.14. The molecular formula is C16H11ClF3N3OS. The van der Waals surface area contributed by atoms with E-state index in [2.05, 4.69) is 20.0 Å². The lowest BCUT2D eigenvalue weighted by atomic mass is 10.2. The van der Waals surface area contributed by atoms with Crippen molar-refractivity contribution >= 4 is 33.8 Å². The molecule has 2 aromatic heterocycles. The molecule has 2 heterocycles. The first-order chi connectivity index (χ1) is 11.8. The molecule has 0 aliphatic heterocycles. The van der Waals surface area contributed by atoms with Gasteiger partial charge in [0.1, 0.15) is 5.15 Å². The van der Waals surface area contributed by atoms with Crippen LogP contribution in [0.25, 0.3) is 11.3 Å². The third kappa shape index (κ3) is 4.61. The topological polar surface area (TPSA) is 47.0 Å². The molecule has 0 aliphatic rings. The fourth-order valence-electron chi connectivity index (χ4n) is 2.10. The molecule has 9 heteroatoms. The summed E-state index contributed by atoms with van der Waals surface area (Å²) in [5.41, 5.74) is 2.38. The molecule has 0 saturated heterocycles. The number of aryl methyl sites for hydroxylation is 1. The van der Waals surface area contributed by atoms with Crippen LogP contribution in [0.1, 0.15) is 5.56 Å². The molecule has 0 aliphatic carbocycles. The predicted molar refractivity (Wildman–Crippen MR) is 91.5 cm³/mol. The van der Waals surface area contributed by atoms with Gasteiger partial charge in [0.05, 0.1) is 11.4 Å². The summed E-state index contributed by atoms with van der Waals surface area (Å²) in [5, 5.41) is 5.41. The van der Waals surface area contributed by atoms with Crippen molar-refractivity contribution in [3.05, 3.63) is 52.6 Å². The number of pyridine rings is 1. The van der Waals surface area contributed by atoms with Gasteiger partial charge in [0.15, 0.2) is 10.9 Å². The van der Waals surface area contributed by atoms with Gasteiger partial charge in [-0.15, -0.1) is 24.5 Å². The van der Waals surface area contributed by atoms with Crippen molar-refractivity contribution in [1.29, 1.82) is 0 Å². The number of ether oxygens (including phenoxy) is 1. The minimum absolute atomic E-state index is 0.186. The molecule has 0 amide bonds. The second-order valence-corrected chi connectivity index (χ2v) is 6.32. The fourth-order valence-corrected chi connectivity index (χ4v) is 3.00. The third-order valence-electron chi connectivity index (χ3n) is 3.13. The molecule has 0 radical (unpaired) electrons. The van der Waals surface area contributed by atoms with Crippen LogP contribution >= 0.6 is 22.9 Å². The lowest BCUT2D eigenvalue weighted by molar-refractivity contribution is -0.274. The largest absolute Gasteiger partial charge is 0.573 e. The number of benzene rings is 1. The van der Waals surface area contributed by atoms with Crippen LogP contribution in [0.3, 0.4) is 0 Å². The van der Waals surface area contributed by atoms with Crippen LogP contribution in [0, 0.1) is 6.92 Å². The summed E-state index contributed by atoms with van der Waals surface area (Å²) in [6.07, 6.45) is -3.21. The van der Waals surface area contributed by atoms with Crippen molar-refractivity contribution in [2.45, 2.75) is 13.3 Å². The van der Waals surface area contributed by atoms with Crippen LogP contribution in [0.15, 0.2) is 41.9 Å². The van der Waals surface area contributed by atoms with Crippen LogP contribution in [-0.4, -0.2) is 16.3 Å². The highest BCUT2D eigenvalue weighted by Gasteiger charge is 2.32. The molecule has 0 spiro atoms. The number of hydrogen-bond donors (Lipinski definition) is 1. The Labute approximate surface area is 150 Å². The van der Waals surface area contributed by atoms with Crippen LogP contribution < -0.4 is 10.1 Å². The number of anilines is 2. The Kier molecular flexibility index (Phi) is 4.82. The van der Waals surface area contributed by atoms with E-state index in [-0.39, 0.29) is 11.4 Å². The van der Waals surface area contributed by atoms with Crippen LogP contribution in [0.5, 0.6) is 5.75 Å². The molecule has 4 nitrogen and oxygen atoms in total. The molecule has 0 saturated carbocycles. The van der Waals surface area contributed by atoms with Crippen molar-refractivity contribution in [1.82, 2.24) is 9.97 Å². The Morgan fingerprint density at radius 3 is 2.72 bits per heavy atom. The summed E-state index contributed by atoms with van der Waals surface area (Å²) in [4.78, 5) is 8.27. The number of thiazole rings is 1. The Hall–Kier alpha value is -2.32. The molecule has 0 unspecified atom stereocenters. The molecule has 3 rings (SSSR count). The van der Waals surface area contributed by atoms with E-state index in [1.54, 1.807) is 42.8 Å². The maximum absolute atomic E-state index is 12.5. The van der Waals surface area contributed by atoms with Gasteiger partial charge < -0.3 is 10.1 Å². The van der Waals surface area contributed by atoms with Crippen molar-refractivity contribution in [3.63, 3.8) is 0 Å². The molecule has 1 N–H and O–H groups in total. The Morgan fingerprint density at radius 1 is 1.20 bits per heavy atom. The van der Waals surface area contributed by atoms with E-state index in [9.17, 15) is 13.2 Å². The Balaban J connectivity index is 1.87. The minimum Gasteiger partial charge on any atom is -0.404 e. The maximum Gasteiger partial charge on any atom is 0.573 e. The first-order valence-electron chi connectivity index (χ1n) is 7.01. The van der Waals surface area contributed by atoms with E-state index >= 15 is 0 Å². The number of halogens is 4. The second kappa shape index (κ2) is 6.89. The SMILES string of the molecule is Cc1ccc(OC(F)(F)F)c(Nc2nc(-c3ccnc(Cl)c3)cs2)c1. The second-order valence-electron chi connectivity index (χ2n) is 5.08. The van der Waals surface area contributed by atoms with E-state index in [1.807, 2.05) is 0 Å². The number of nitrogens with one attached hydrogen (secondary N) is 1. The smallest absolute Gasteiger partial charge is 0.404 e. The molecule has 1 aromatic carbocycles. The van der Waals surface area contributed by atoms with Crippen molar-refractivity contribution in [3.8, 4) is 17.0 Å². The Morgan fingerprint density at radius 2 is 2.00 bits per heavy atom. The fraction of sp³-hybridized carbons (Fsp3) is 0.125. The molecule has 0 bridgehead atoms. The Bertz CT molecular complexity index is 898. The number of nitrogens with zero attached hydrogens (tertiary/aromatic N) is 2. The summed E-state index contributed by atoms with van der Waals surface area (Å²) < 4.78 is 41.7. The molecule has 0 atom stereocenters. The normalized spacial score (nSPS) is 11.4. The average molecular weight is 386 g/mol. The van der Waals surface area contributed by atoms with Crippen LogP contribution in [-0.2, 0) is 0 Å². The van der Waals surface area contributed by atoms with Gasteiger partial charge in [-0.2, -0.15) is 0 Å². The van der Waals surface area contributed by atoms with Gasteiger partial charge in [0, 0.05) is 17.1 Å². The predicted octanol–water partition coefficient (Wildman–Crippen LogP) is 5.81. The van der Waals surface area contributed by atoms with Crippen molar-refractivity contribution in [2.24, 2.45) is 0 Å². The zero-order valence-corrected chi connectivity index (χ0v) is 14.3. The van der Waals surface area contributed by atoms with Crippen molar-refractivity contribution in [2.75, 3.05) is 5.32 Å². The molecular weight excluding hydrogens is 375 g/mol. The first kappa shape index (κ1) is 17.5. The zero-order valence-electron chi connectivity index (χ0n) is 12.8. The summed E-state index contributed by atoms with van der Waals surface area (Å²) in [5.74, 6) is -0.318. The van der Waals surface area contributed by atoms with Gasteiger partial charge in [-0.05, 0) is 36.8 Å². The summed E-state index contributed by atoms with van der Waals surface area (Å²) >= 11 is 7.11. The average Bonchev–Trinajstić information content (AvgIpc) is 2.97. The third-order valence-corrected chi connectivity index (χ3v) is 4.09. The van der Waals surface area contributed by atoms with E-state index < -0.39 is 6.36 Å². The van der Waals surface area contributed by atoms with E-state index in [0.717, 1.165) is 11.1 Å². The molecule has 130 valence electrons. The monoisotopic (exact) mass is 385 g/mol. The summed E-state index contributed by atoms with van der Waals surface area (Å²) in [6, 6.07) is 7.77. The van der Waals surface area contributed by atoms with Crippen molar-refractivity contribution < 1.29 is 17.9 Å². The van der Waals surface area contributed by atoms with Gasteiger partial charge in [0.25, 0.3) is 0 Å². The molecule has 0 fully saturated rings. The van der Waals surface area contributed by atoms with Gasteiger partial charge >= 0.3 is 6.36 Å². The number of rotatable bonds is 4. The standard InChI is InChI=1S/C16H11ClF3N3OS/c1-9-2-3-13(24-16(18,19)20)11(6-9)22-15-23-12(8-25-15)10-4-5-21-14(17)7-10/h2-8H,1H3,(H,22,23). The van der Waals surface area contributed by atoms with Gasteiger partial charge in [-0.3, -0.25) is 0 Å². The van der Waals surface area contributed by atoms with Crippen LogP contribution in [0.4, 0.5) is 24.0 Å². The van der Waals surface area contributed by atoms with E-state index in [1.165, 1.54) is 17.4 Å². The van der Waals surface area contributed by atoms with Gasteiger partial charge in [-0.25, -0.2) is 9.97 Å². The molecule has 25 heavy (non-hydrogen) atoms. The highest BCUT2D eigenvalue weighted by atomic mass is 35.5. The first-order valence-corrected chi connectivity index (χ1v) is 8.27. The lowest BCUT2D eigenvalue weighted by Gasteiger charge is -2.14. The maximum atomic E-state index is 12.5. The number of alkyl halides is 3. The lowest BCUT2D eigenvalue weighted by Crippen LogP contribution is -2.18. The van der Waals surface area contributed by atoms with Gasteiger partial charge in [0.2, 0.25) is 0 Å². The zero-order chi connectivity index (χ0) is 18.0. The number of hydrogen-bond acceptors (Lipinski definition) is 5. The summed E-state index contributed by atoms with van der Waals surface area (Å²) in [6.45, 7) is 1.77. The highest BCUT2D eigenvalue weighted by Crippen LogP contribution is 2.35. The van der Waals surface area contributed by atoms with E-state index in [4.69, 9.17) is 11.6 Å². The molecule has 3 aromatic rings. The number of aromatic nitrogens is 2. The van der Waals surface area contributed by atoms with E-state index in [0.29, 0.717) is 16.0 Å². The summed E-state index contributed by atoms with van der Waals surface area (Å²) in [7, 11) is 0. The van der Waals surface area contributed by atoms with Crippen LogP contribution in [0.2, 0.25) is 5.15 Å².